The molecule has 0 aliphatic carbocycles. The quantitative estimate of drug-likeness (QED) is 0.710. The summed E-state index contributed by atoms with van der Waals surface area (Å²) >= 11 is 0. The van der Waals surface area contributed by atoms with Gasteiger partial charge in [0.2, 0.25) is 5.91 Å². The second-order valence-electron chi connectivity index (χ2n) is 6.96. The lowest BCUT2D eigenvalue weighted by Gasteiger charge is -2.35. The van der Waals surface area contributed by atoms with E-state index >= 15 is 0 Å². The molecule has 0 aromatic heterocycles. The number of carbonyl (C=O) groups is 1. The lowest BCUT2D eigenvalue weighted by atomic mass is 9.81. The molecule has 1 saturated heterocycles. The molecular formula is C14H28N2O2. The second-order valence-corrected chi connectivity index (χ2v) is 6.96. The number of hydrogen-bond acceptors (Lipinski definition) is 3. The van der Waals surface area contributed by atoms with Crippen molar-refractivity contribution in [3.63, 3.8) is 0 Å². The van der Waals surface area contributed by atoms with Crippen LogP contribution >= 0.6 is 0 Å². The van der Waals surface area contributed by atoms with Crippen LogP contribution in [0.4, 0.5) is 0 Å². The number of amides is 1. The van der Waals surface area contributed by atoms with Crippen molar-refractivity contribution in [1.29, 1.82) is 0 Å². The van der Waals surface area contributed by atoms with Gasteiger partial charge < -0.3 is 15.7 Å². The minimum absolute atomic E-state index is 0.00647. The Morgan fingerprint density at radius 2 is 2.17 bits per heavy atom. The predicted octanol–water partition coefficient (Wildman–Crippen LogP) is 1.29. The standard InChI is InChI=1S/C14H28N2O2/c1-13(2,3)8-11(9-17)16-12(18)14(4)6-5-7-15-10-14/h11,15,17H,5-10H2,1-4H3,(H,16,18). The molecule has 106 valence electrons. The van der Waals surface area contributed by atoms with Crippen LogP contribution in [0.1, 0.15) is 47.0 Å². The van der Waals surface area contributed by atoms with Gasteiger partial charge in [-0.15, -0.1) is 0 Å². The third-order valence-corrected chi connectivity index (χ3v) is 3.56. The van der Waals surface area contributed by atoms with Gasteiger partial charge in [0.1, 0.15) is 0 Å². The van der Waals surface area contributed by atoms with Crippen LogP contribution < -0.4 is 10.6 Å². The maximum absolute atomic E-state index is 12.3. The Hall–Kier alpha value is -0.610. The van der Waals surface area contributed by atoms with Gasteiger partial charge in [-0.2, -0.15) is 0 Å². The first-order valence-corrected chi connectivity index (χ1v) is 6.89. The highest BCUT2D eigenvalue weighted by Gasteiger charge is 2.35. The maximum atomic E-state index is 12.3. The molecule has 3 N–H and O–H groups in total. The van der Waals surface area contributed by atoms with Gasteiger partial charge in [-0.3, -0.25) is 4.79 Å². The summed E-state index contributed by atoms with van der Waals surface area (Å²) in [5.41, 5.74) is -0.226. The van der Waals surface area contributed by atoms with Crippen LogP contribution in [0.5, 0.6) is 0 Å². The van der Waals surface area contributed by atoms with E-state index in [1.54, 1.807) is 0 Å². The SMILES string of the molecule is CC(C)(C)CC(CO)NC(=O)C1(C)CCCNC1. The van der Waals surface area contributed by atoms with E-state index in [-0.39, 0.29) is 29.4 Å². The van der Waals surface area contributed by atoms with Gasteiger partial charge in [-0.25, -0.2) is 0 Å². The first-order chi connectivity index (χ1) is 8.27. The molecule has 2 atom stereocenters. The summed E-state index contributed by atoms with van der Waals surface area (Å²) in [6.45, 7) is 10.1. The molecule has 0 aromatic rings. The van der Waals surface area contributed by atoms with Gasteiger partial charge in [0, 0.05) is 6.54 Å². The minimum atomic E-state index is -0.330. The van der Waals surface area contributed by atoms with E-state index < -0.39 is 0 Å². The molecule has 1 heterocycles. The molecule has 4 nitrogen and oxygen atoms in total. The summed E-state index contributed by atoms with van der Waals surface area (Å²) in [5, 5.41) is 15.7. The molecule has 0 spiro atoms. The highest BCUT2D eigenvalue weighted by molar-refractivity contribution is 5.82. The normalized spacial score (nSPS) is 26.7. The molecule has 1 aliphatic heterocycles. The molecule has 0 bridgehead atoms. The van der Waals surface area contributed by atoms with E-state index in [2.05, 4.69) is 31.4 Å². The Labute approximate surface area is 111 Å². The summed E-state index contributed by atoms with van der Waals surface area (Å²) in [4.78, 5) is 12.3. The zero-order chi connectivity index (χ0) is 13.8. The fourth-order valence-corrected chi connectivity index (χ4v) is 2.51. The van der Waals surface area contributed by atoms with Crippen LogP contribution in [0.25, 0.3) is 0 Å². The number of aliphatic hydroxyl groups excluding tert-OH is 1. The average molecular weight is 256 g/mol. The van der Waals surface area contributed by atoms with E-state index in [4.69, 9.17) is 0 Å². The zero-order valence-electron chi connectivity index (χ0n) is 12.2. The molecule has 0 radical (unpaired) electrons. The molecule has 0 saturated carbocycles. The van der Waals surface area contributed by atoms with E-state index in [1.165, 1.54) is 0 Å². The molecular weight excluding hydrogens is 228 g/mol. The Balaban J connectivity index is 2.56. The number of rotatable bonds is 4. The van der Waals surface area contributed by atoms with Gasteiger partial charge in [-0.05, 0) is 38.1 Å². The molecule has 18 heavy (non-hydrogen) atoms. The molecule has 1 rings (SSSR count). The van der Waals surface area contributed by atoms with Crippen molar-refractivity contribution in [3.05, 3.63) is 0 Å². The molecule has 2 unspecified atom stereocenters. The van der Waals surface area contributed by atoms with Gasteiger partial charge in [0.05, 0.1) is 18.1 Å². The summed E-state index contributed by atoms with van der Waals surface area (Å²) in [7, 11) is 0. The van der Waals surface area contributed by atoms with Crippen molar-refractivity contribution in [2.24, 2.45) is 10.8 Å². The minimum Gasteiger partial charge on any atom is -0.394 e. The van der Waals surface area contributed by atoms with Crippen LogP contribution in [0, 0.1) is 10.8 Å². The third kappa shape index (κ3) is 4.58. The first kappa shape index (κ1) is 15.4. The van der Waals surface area contributed by atoms with E-state index in [1.807, 2.05) is 6.92 Å². The fraction of sp³-hybridized carbons (Fsp3) is 0.929. The van der Waals surface area contributed by atoms with Crippen molar-refractivity contribution in [2.75, 3.05) is 19.7 Å². The van der Waals surface area contributed by atoms with Crippen LogP contribution in [0.15, 0.2) is 0 Å². The van der Waals surface area contributed by atoms with Crippen LogP contribution in [-0.2, 0) is 4.79 Å². The van der Waals surface area contributed by atoms with Crippen molar-refractivity contribution in [2.45, 2.75) is 53.0 Å². The largest absolute Gasteiger partial charge is 0.394 e. The summed E-state index contributed by atoms with van der Waals surface area (Å²) in [5.74, 6) is 0.0676. The average Bonchev–Trinajstić information content (AvgIpc) is 2.27. The lowest BCUT2D eigenvalue weighted by molar-refractivity contribution is -0.132. The van der Waals surface area contributed by atoms with Gasteiger partial charge in [-0.1, -0.05) is 20.8 Å². The number of piperidine rings is 1. The molecule has 1 amide bonds. The molecule has 0 aromatic carbocycles. The maximum Gasteiger partial charge on any atom is 0.227 e. The smallest absolute Gasteiger partial charge is 0.227 e. The summed E-state index contributed by atoms with van der Waals surface area (Å²) in [6, 6.07) is -0.142. The fourth-order valence-electron chi connectivity index (χ4n) is 2.51. The first-order valence-electron chi connectivity index (χ1n) is 6.89. The highest BCUT2D eigenvalue weighted by Crippen LogP contribution is 2.27. The monoisotopic (exact) mass is 256 g/mol. The highest BCUT2D eigenvalue weighted by atomic mass is 16.3. The van der Waals surface area contributed by atoms with Crippen LogP contribution in [0.2, 0.25) is 0 Å². The van der Waals surface area contributed by atoms with Gasteiger partial charge >= 0.3 is 0 Å². The summed E-state index contributed by atoms with van der Waals surface area (Å²) in [6.07, 6.45) is 2.74. The van der Waals surface area contributed by atoms with Gasteiger partial charge in [0.25, 0.3) is 0 Å². The molecule has 1 aliphatic rings. The van der Waals surface area contributed by atoms with Crippen molar-refractivity contribution < 1.29 is 9.90 Å². The Morgan fingerprint density at radius 1 is 1.50 bits per heavy atom. The van der Waals surface area contributed by atoms with Crippen LogP contribution in [0.3, 0.4) is 0 Å². The zero-order valence-corrected chi connectivity index (χ0v) is 12.2. The van der Waals surface area contributed by atoms with Crippen molar-refractivity contribution in [1.82, 2.24) is 10.6 Å². The Morgan fingerprint density at radius 3 is 2.61 bits per heavy atom. The Kier molecular flexibility index (Phi) is 5.17. The van der Waals surface area contributed by atoms with Gasteiger partial charge in [0.15, 0.2) is 0 Å². The van der Waals surface area contributed by atoms with E-state index in [9.17, 15) is 9.90 Å². The number of carbonyl (C=O) groups excluding carboxylic acids is 1. The van der Waals surface area contributed by atoms with Crippen LogP contribution in [-0.4, -0.2) is 36.8 Å². The molecule has 4 heteroatoms. The Bertz CT molecular complexity index is 278. The predicted molar refractivity (Wildman–Crippen MR) is 73.3 cm³/mol. The number of nitrogens with one attached hydrogen (secondary N) is 2. The van der Waals surface area contributed by atoms with Crippen molar-refractivity contribution >= 4 is 5.91 Å². The van der Waals surface area contributed by atoms with Crippen molar-refractivity contribution in [3.8, 4) is 0 Å². The second kappa shape index (κ2) is 6.02. The summed E-state index contributed by atoms with van der Waals surface area (Å²) < 4.78 is 0. The molecule has 1 fully saturated rings. The van der Waals surface area contributed by atoms with E-state index in [0.717, 1.165) is 32.4 Å². The van der Waals surface area contributed by atoms with E-state index in [0.29, 0.717) is 0 Å². The number of hydrogen-bond donors (Lipinski definition) is 3. The lowest BCUT2D eigenvalue weighted by Crippen LogP contribution is -2.52. The number of aliphatic hydroxyl groups is 1. The third-order valence-electron chi connectivity index (χ3n) is 3.56. The topological polar surface area (TPSA) is 61.4 Å².